The predicted octanol–water partition coefficient (Wildman–Crippen LogP) is 2.59. The van der Waals surface area contributed by atoms with Gasteiger partial charge >= 0.3 is 0 Å². The summed E-state index contributed by atoms with van der Waals surface area (Å²) in [7, 11) is 4.25. The Morgan fingerprint density at radius 3 is 2.43 bits per heavy atom. The van der Waals surface area contributed by atoms with Gasteiger partial charge in [0, 0.05) is 38.6 Å². The largest absolute Gasteiger partial charge is 0.394 e. The van der Waals surface area contributed by atoms with Crippen LogP contribution in [0.5, 0.6) is 0 Å². The van der Waals surface area contributed by atoms with E-state index in [2.05, 4.69) is 68.9 Å². The van der Waals surface area contributed by atoms with Crippen LogP contribution in [0.1, 0.15) is 45.2 Å². The van der Waals surface area contributed by atoms with Crippen LogP contribution in [0.4, 0.5) is 0 Å². The Hall–Kier alpha value is -1.02. The SMILES string of the molecule is C[C@H](O)[C@H]1CN(Cc2cccc(CN(CCN(C)C)CCC(C)(C)C)c2)O[C@H]1CO. The molecule has 0 bridgehead atoms. The van der Waals surface area contributed by atoms with Crippen molar-refractivity contribution in [1.82, 2.24) is 14.9 Å². The molecule has 6 heteroatoms. The normalized spacial score (nSPS) is 21.7. The van der Waals surface area contributed by atoms with Crippen LogP contribution in [0, 0.1) is 11.3 Å². The van der Waals surface area contributed by atoms with Crippen LogP contribution in [0.15, 0.2) is 24.3 Å². The first-order valence-electron chi connectivity index (χ1n) is 11.2. The first kappa shape index (κ1) is 25.2. The highest BCUT2D eigenvalue weighted by molar-refractivity contribution is 5.23. The molecule has 0 spiro atoms. The van der Waals surface area contributed by atoms with Crippen molar-refractivity contribution in [1.29, 1.82) is 0 Å². The number of hydrogen-bond acceptors (Lipinski definition) is 6. The molecule has 0 aromatic heterocycles. The van der Waals surface area contributed by atoms with E-state index in [0.29, 0.717) is 18.5 Å². The van der Waals surface area contributed by atoms with Crippen LogP contribution in [0.2, 0.25) is 0 Å². The lowest BCUT2D eigenvalue weighted by molar-refractivity contribution is -0.164. The quantitative estimate of drug-likeness (QED) is 0.573. The summed E-state index contributed by atoms with van der Waals surface area (Å²) in [5.41, 5.74) is 2.83. The average molecular weight is 422 g/mol. The second kappa shape index (κ2) is 11.6. The molecule has 30 heavy (non-hydrogen) atoms. The van der Waals surface area contributed by atoms with Gasteiger partial charge in [0.15, 0.2) is 0 Å². The maximum atomic E-state index is 9.95. The summed E-state index contributed by atoms with van der Waals surface area (Å²) >= 11 is 0. The number of hydrogen-bond donors (Lipinski definition) is 2. The molecule has 1 heterocycles. The smallest absolute Gasteiger partial charge is 0.109 e. The van der Waals surface area contributed by atoms with Crippen molar-refractivity contribution < 1.29 is 15.1 Å². The van der Waals surface area contributed by atoms with E-state index in [-0.39, 0.29) is 18.6 Å². The molecule has 0 radical (unpaired) electrons. The summed E-state index contributed by atoms with van der Waals surface area (Å²) in [6, 6.07) is 8.69. The molecule has 1 aliphatic rings. The van der Waals surface area contributed by atoms with Crippen LogP contribution in [-0.4, -0.2) is 84.2 Å². The van der Waals surface area contributed by atoms with Crippen molar-refractivity contribution in [2.45, 2.75) is 59.4 Å². The lowest BCUT2D eigenvalue weighted by Crippen LogP contribution is -2.33. The summed E-state index contributed by atoms with van der Waals surface area (Å²) in [6.07, 6.45) is 0.351. The number of hydroxylamine groups is 2. The Morgan fingerprint density at radius 2 is 1.87 bits per heavy atom. The number of likely N-dealkylation sites (N-methyl/N-ethyl adjacent to an activating group) is 1. The molecule has 1 fully saturated rings. The van der Waals surface area contributed by atoms with Gasteiger partial charge in [0.05, 0.1) is 12.7 Å². The molecule has 2 N–H and O–H groups in total. The fraction of sp³-hybridized carbons (Fsp3) is 0.750. The zero-order valence-corrected chi connectivity index (χ0v) is 19.8. The minimum Gasteiger partial charge on any atom is -0.394 e. The fourth-order valence-corrected chi connectivity index (χ4v) is 3.79. The molecule has 1 aromatic rings. The highest BCUT2D eigenvalue weighted by Crippen LogP contribution is 2.25. The van der Waals surface area contributed by atoms with E-state index in [0.717, 1.165) is 26.2 Å². The first-order chi connectivity index (χ1) is 14.1. The number of benzene rings is 1. The minimum atomic E-state index is -0.494. The van der Waals surface area contributed by atoms with Crippen molar-refractivity contribution in [2.24, 2.45) is 11.3 Å². The molecule has 1 aromatic carbocycles. The summed E-state index contributed by atoms with van der Waals surface area (Å²) in [4.78, 5) is 10.6. The minimum absolute atomic E-state index is 0.0582. The van der Waals surface area contributed by atoms with Crippen LogP contribution in [0.3, 0.4) is 0 Å². The van der Waals surface area contributed by atoms with Crippen molar-refractivity contribution in [3.8, 4) is 0 Å². The van der Waals surface area contributed by atoms with Crippen molar-refractivity contribution in [2.75, 3.05) is 46.9 Å². The van der Waals surface area contributed by atoms with E-state index >= 15 is 0 Å². The van der Waals surface area contributed by atoms with Gasteiger partial charge < -0.3 is 15.1 Å². The molecule has 6 nitrogen and oxygen atoms in total. The molecule has 3 atom stereocenters. The van der Waals surface area contributed by atoms with Gasteiger partial charge in [-0.05, 0) is 50.5 Å². The molecule has 0 aliphatic carbocycles. The Kier molecular flexibility index (Phi) is 9.72. The average Bonchev–Trinajstić information content (AvgIpc) is 3.06. The third-order valence-electron chi connectivity index (χ3n) is 5.77. The van der Waals surface area contributed by atoms with Crippen LogP contribution < -0.4 is 0 Å². The van der Waals surface area contributed by atoms with E-state index < -0.39 is 6.10 Å². The highest BCUT2D eigenvalue weighted by Gasteiger charge is 2.36. The van der Waals surface area contributed by atoms with Gasteiger partial charge in [-0.25, -0.2) is 0 Å². The monoisotopic (exact) mass is 421 g/mol. The first-order valence-corrected chi connectivity index (χ1v) is 11.2. The highest BCUT2D eigenvalue weighted by atomic mass is 16.7. The third kappa shape index (κ3) is 8.61. The molecule has 2 rings (SSSR count). The van der Waals surface area contributed by atoms with E-state index in [1.54, 1.807) is 6.92 Å². The van der Waals surface area contributed by atoms with E-state index in [9.17, 15) is 10.2 Å². The second-order valence-electron chi connectivity index (χ2n) is 10.3. The molecular formula is C24H43N3O3. The van der Waals surface area contributed by atoms with E-state index in [1.807, 2.05) is 5.06 Å². The number of nitrogens with zero attached hydrogens (tertiary/aromatic N) is 3. The Morgan fingerprint density at radius 1 is 1.17 bits per heavy atom. The Labute approximate surface area is 183 Å². The number of rotatable bonds is 11. The lowest BCUT2D eigenvalue weighted by Gasteiger charge is -2.28. The summed E-state index contributed by atoms with van der Waals surface area (Å²) in [5.74, 6) is -0.0582. The Bertz CT molecular complexity index is 630. The van der Waals surface area contributed by atoms with Crippen molar-refractivity contribution >= 4 is 0 Å². The van der Waals surface area contributed by atoms with Crippen molar-refractivity contribution in [3.05, 3.63) is 35.4 Å². The second-order valence-corrected chi connectivity index (χ2v) is 10.3. The van der Waals surface area contributed by atoms with Gasteiger partial charge in [-0.15, -0.1) is 0 Å². The van der Waals surface area contributed by atoms with Gasteiger partial charge in [-0.3, -0.25) is 9.74 Å². The van der Waals surface area contributed by atoms with E-state index in [1.165, 1.54) is 17.5 Å². The predicted molar refractivity (Wildman–Crippen MR) is 122 cm³/mol. The molecule has 1 saturated heterocycles. The fourth-order valence-electron chi connectivity index (χ4n) is 3.79. The van der Waals surface area contributed by atoms with Gasteiger partial charge in [-0.2, -0.15) is 5.06 Å². The number of aliphatic hydroxyl groups excluding tert-OH is 2. The zero-order valence-electron chi connectivity index (χ0n) is 19.8. The molecule has 0 saturated carbocycles. The maximum absolute atomic E-state index is 9.95. The molecule has 0 amide bonds. The zero-order chi connectivity index (χ0) is 22.3. The summed E-state index contributed by atoms with van der Waals surface area (Å²) in [6.45, 7) is 14.0. The third-order valence-corrected chi connectivity index (χ3v) is 5.77. The molecule has 0 unspecified atom stereocenters. The van der Waals surface area contributed by atoms with Crippen LogP contribution in [-0.2, 0) is 17.9 Å². The molecular weight excluding hydrogens is 378 g/mol. The lowest BCUT2D eigenvalue weighted by atomic mass is 9.92. The van der Waals surface area contributed by atoms with Gasteiger partial charge in [0.2, 0.25) is 0 Å². The molecule has 172 valence electrons. The van der Waals surface area contributed by atoms with E-state index in [4.69, 9.17) is 4.84 Å². The van der Waals surface area contributed by atoms with Gasteiger partial charge in [0.1, 0.15) is 6.10 Å². The molecule has 1 aliphatic heterocycles. The standard InChI is InChI=1S/C24H43N3O3/c1-19(29)22-17-27(30-23(22)18-28)16-21-9-7-8-20(14-21)15-26(13-12-25(5)6)11-10-24(2,3)4/h7-9,14,19,22-23,28-29H,10-13,15-18H2,1-6H3/t19-,22+,23-/m0/s1. The van der Waals surface area contributed by atoms with Crippen LogP contribution in [0.25, 0.3) is 0 Å². The summed E-state index contributed by atoms with van der Waals surface area (Å²) < 4.78 is 0. The van der Waals surface area contributed by atoms with Crippen LogP contribution >= 0.6 is 0 Å². The summed E-state index contributed by atoms with van der Waals surface area (Å²) in [5, 5.41) is 21.4. The maximum Gasteiger partial charge on any atom is 0.109 e. The van der Waals surface area contributed by atoms with Crippen molar-refractivity contribution in [3.63, 3.8) is 0 Å². The Balaban J connectivity index is 1.99. The van der Waals surface area contributed by atoms with Gasteiger partial charge in [0.25, 0.3) is 0 Å². The number of aliphatic hydroxyl groups is 2. The van der Waals surface area contributed by atoms with Gasteiger partial charge in [-0.1, -0.05) is 45.0 Å². The topological polar surface area (TPSA) is 59.4 Å².